The van der Waals surface area contributed by atoms with Crippen LogP contribution in [0.25, 0.3) is 0 Å². The molecule has 0 heterocycles. The Morgan fingerprint density at radius 2 is 0.931 bits per heavy atom. The molecule has 15 heteroatoms. The smallest absolute Gasteiger partial charge is 0.396 e. The Balaban J connectivity index is 0. The first kappa shape index (κ1) is 31.0. The van der Waals surface area contributed by atoms with Gasteiger partial charge < -0.3 is 24.0 Å². The van der Waals surface area contributed by atoms with Gasteiger partial charge in [-0.05, 0) is 20.8 Å². The molecule has 0 N–H and O–H groups in total. The van der Waals surface area contributed by atoms with Crippen LogP contribution in [0.3, 0.4) is 0 Å². The molecule has 0 radical (unpaired) electrons. The van der Waals surface area contributed by atoms with E-state index in [9.17, 15) is 57.1 Å². The predicted octanol–water partition coefficient (Wildman–Crippen LogP) is 2.65. The van der Waals surface area contributed by atoms with E-state index in [0.717, 1.165) is 20.8 Å². The van der Waals surface area contributed by atoms with Crippen LogP contribution in [0.5, 0.6) is 0 Å². The fourth-order valence-electron chi connectivity index (χ4n) is 2.56. The molecular weight excluding hydrogens is 556 g/mol. The Labute approximate surface area is 175 Å². The SMILES string of the molecule is CC[N+](CC)(CC)C(F)C(F)(F)C(F)(F)C(F)(F)C(F)(F)C(F)C(F)C(F)F.[I-]. The third-order valence-electron chi connectivity index (χ3n) is 4.77. The van der Waals surface area contributed by atoms with Gasteiger partial charge in [0, 0.05) is 0 Å². The van der Waals surface area contributed by atoms with Crippen molar-refractivity contribution in [3.8, 4) is 0 Å². The lowest BCUT2D eigenvalue weighted by atomic mass is 9.92. The maximum atomic E-state index is 14.3. The Bertz CT molecular complexity index is 501. The summed E-state index contributed by atoms with van der Waals surface area (Å²) in [6.45, 7) is 1.21. The molecular formula is C14H19F13IN. The van der Waals surface area contributed by atoms with Crippen LogP contribution in [-0.2, 0) is 0 Å². The van der Waals surface area contributed by atoms with E-state index in [-0.39, 0.29) is 24.0 Å². The summed E-state index contributed by atoms with van der Waals surface area (Å²) in [5, 5.41) is 0. The zero-order valence-electron chi connectivity index (χ0n) is 15.2. The molecule has 3 unspecified atom stereocenters. The van der Waals surface area contributed by atoms with E-state index in [1.54, 1.807) is 0 Å². The fraction of sp³-hybridized carbons (Fsp3) is 1.00. The maximum Gasteiger partial charge on any atom is 0.396 e. The Morgan fingerprint density at radius 1 is 0.621 bits per heavy atom. The quantitative estimate of drug-likeness (QED) is 0.154. The van der Waals surface area contributed by atoms with Crippen molar-refractivity contribution < 1.29 is 85.5 Å². The van der Waals surface area contributed by atoms with Gasteiger partial charge in [0.2, 0.25) is 6.17 Å². The zero-order valence-corrected chi connectivity index (χ0v) is 17.3. The minimum atomic E-state index is -7.41. The zero-order chi connectivity index (χ0) is 22.9. The minimum absolute atomic E-state index is 0. The third-order valence-corrected chi connectivity index (χ3v) is 4.77. The summed E-state index contributed by atoms with van der Waals surface area (Å²) >= 11 is 0. The summed E-state index contributed by atoms with van der Waals surface area (Å²) in [6.07, 6.45) is -18.7. The molecule has 0 saturated heterocycles. The summed E-state index contributed by atoms with van der Waals surface area (Å²) < 4.78 is 172. The van der Waals surface area contributed by atoms with E-state index in [0.29, 0.717) is 0 Å². The van der Waals surface area contributed by atoms with Crippen molar-refractivity contribution in [3.63, 3.8) is 0 Å². The standard InChI is InChI=1S/C14H19F13N.HI/c1-4-28(5-2,6-3)10(19)12(22,23)14(26,27)13(24,25)11(20,21)8(16)7(15)9(17)18;/h7-10H,4-6H2,1-3H3;1H/q+1;/p-1. The average molecular weight is 575 g/mol. The highest BCUT2D eigenvalue weighted by Gasteiger charge is 2.86. The number of nitrogens with zero attached hydrogens (tertiary/aromatic N) is 1. The predicted molar refractivity (Wildman–Crippen MR) is 72.4 cm³/mol. The van der Waals surface area contributed by atoms with Gasteiger partial charge in [-0.15, -0.1) is 0 Å². The van der Waals surface area contributed by atoms with E-state index in [4.69, 9.17) is 0 Å². The molecule has 3 atom stereocenters. The van der Waals surface area contributed by atoms with E-state index in [2.05, 4.69) is 0 Å². The highest BCUT2D eigenvalue weighted by Crippen LogP contribution is 2.57. The van der Waals surface area contributed by atoms with Crippen LogP contribution in [0.4, 0.5) is 57.1 Å². The second-order valence-corrected chi connectivity index (χ2v) is 6.08. The largest absolute Gasteiger partial charge is 1.00 e. The van der Waals surface area contributed by atoms with Gasteiger partial charge in [-0.3, -0.25) is 4.48 Å². The normalized spacial score (nSPS) is 17.7. The molecule has 0 bridgehead atoms. The summed E-state index contributed by atoms with van der Waals surface area (Å²) in [5.74, 6) is -28.1. The Hall–Kier alpha value is -0.220. The van der Waals surface area contributed by atoms with Crippen molar-refractivity contribution in [2.75, 3.05) is 19.6 Å². The van der Waals surface area contributed by atoms with Gasteiger partial charge in [-0.1, -0.05) is 0 Å². The lowest BCUT2D eigenvalue weighted by molar-refractivity contribution is -0.970. The molecule has 0 rings (SSSR count). The lowest BCUT2D eigenvalue weighted by Crippen LogP contribution is -3.00. The average Bonchev–Trinajstić information content (AvgIpc) is 2.61. The third kappa shape index (κ3) is 4.84. The maximum absolute atomic E-state index is 14.3. The van der Waals surface area contributed by atoms with Gasteiger partial charge >= 0.3 is 30.0 Å². The first-order valence-corrected chi connectivity index (χ1v) is 7.93. The highest BCUT2D eigenvalue weighted by molar-refractivity contribution is 5.08. The van der Waals surface area contributed by atoms with Crippen LogP contribution < -0.4 is 24.0 Å². The summed E-state index contributed by atoms with van der Waals surface area (Å²) in [4.78, 5) is 0. The number of halogens is 14. The molecule has 0 aromatic carbocycles. The van der Waals surface area contributed by atoms with Crippen LogP contribution in [0.2, 0.25) is 0 Å². The van der Waals surface area contributed by atoms with Crippen molar-refractivity contribution in [2.45, 2.75) is 69.5 Å². The molecule has 0 aliphatic rings. The Morgan fingerprint density at radius 3 is 1.21 bits per heavy atom. The number of hydrogen-bond donors (Lipinski definition) is 0. The molecule has 0 spiro atoms. The summed E-state index contributed by atoms with van der Waals surface area (Å²) in [5.41, 5.74) is 0. The van der Waals surface area contributed by atoms with Gasteiger partial charge in [-0.25, -0.2) is 17.6 Å². The summed E-state index contributed by atoms with van der Waals surface area (Å²) in [7, 11) is 0. The van der Waals surface area contributed by atoms with Crippen LogP contribution in [0.15, 0.2) is 0 Å². The Kier molecular flexibility index (Phi) is 10.6. The van der Waals surface area contributed by atoms with Crippen LogP contribution >= 0.6 is 0 Å². The molecule has 1 nitrogen and oxygen atoms in total. The van der Waals surface area contributed by atoms with Gasteiger partial charge in [0.05, 0.1) is 19.6 Å². The molecule has 0 aliphatic carbocycles. The monoisotopic (exact) mass is 575 g/mol. The molecule has 29 heavy (non-hydrogen) atoms. The van der Waals surface area contributed by atoms with E-state index in [1.165, 1.54) is 0 Å². The van der Waals surface area contributed by atoms with Crippen LogP contribution in [0.1, 0.15) is 20.8 Å². The fourth-order valence-corrected chi connectivity index (χ4v) is 2.56. The summed E-state index contributed by atoms with van der Waals surface area (Å²) in [6, 6.07) is 0. The van der Waals surface area contributed by atoms with Crippen molar-refractivity contribution >= 4 is 0 Å². The molecule has 0 saturated carbocycles. The topological polar surface area (TPSA) is 0 Å². The van der Waals surface area contributed by atoms with Gasteiger partial charge in [-0.2, -0.15) is 39.5 Å². The molecule has 0 fully saturated rings. The number of hydrogen-bond acceptors (Lipinski definition) is 0. The molecule has 0 aliphatic heterocycles. The van der Waals surface area contributed by atoms with Crippen molar-refractivity contribution in [1.82, 2.24) is 0 Å². The minimum Gasteiger partial charge on any atom is -1.00 e. The van der Waals surface area contributed by atoms with Crippen molar-refractivity contribution in [3.05, 3.63) is 0 Å². The van der Waals surface area contributed by atoms with Crippen LogP contribution in [0, 0.1) is 0 Å². The van der Waals surface area contributed by atoms with Crippen molar-refractivity contribution in [1.29, 1.82) is 0 Å². The van der Waals surface area contributed by atoms with E-state index in [1.807, 2.05) is 0 Å². The number of quaternary nitrogens is 1. The lowest BCUT2D eigenvalue weighted by Gasteiger charge is -2.45. The molecule has 0 aromatic rings. The van der Waals surface area contributed by atoms with Crippen LogP contribution in [-0.4, -0.2) is 72.9 Å². The number of alkyl halides is 13. The van der Waals surface area contributed by atoms with E-state index < -0.39 is 72.9 Å². The van der Waals surface area contributed by atoms with E-state index >= 15 is 0 Å². The first-order valence-electron chi connectivity index (χ1n) is 7.93. The second-order valence-electron chi connectivity index (χ2n) is 6.08. The second kappa shape index (κ2) is 9.94. The van der Waals surface area contributed by atoms with Gasteiger partial charge in [0.25, 0.3) is 6.43 Å². The highest BCUT2D eigenvalue weighted by atomic mass is 127. The molecule has 0 aromatic heterocycles. The van der Waals surface area contributed by atoms with Crippen molar-refractivity contribution in [2.24, 2.45) is 0 Å². The molecule has 0 amide bonds. The molecule has 178 valence electrons. The van der Waals surface area contributed by atoms with Gasteiger partial charge in [0.15, 0.2) is 6.17 Å². The first-order chi connectivity index (χ1) is 12.4. The number of rotatable bonds is 11. The van der Waals surface area contributed by atoms with Gasteiger partial charge in [0.1, 0.15) is 0 Å².